The zero-order chi connectivity index (χ0) is 13.6. The molecule has 1 aliphatic rings. The van der Waals surface area contributed by atoms with E-state index >= 15 is 0 Å². The molecule has 2 heterocycles. The topological polar surface area (TPSA) is 40.6 Å². The minimum Gasteiger partial charge on any atom is -0.496 e. The first-order valence-electron chi connectivity index (χ1n) is 5.83. The number of hydrogen-bond donors (Lipinski definition) is 0. The summed E-state index contributed by atoms with van der Waals surface area (Å²) in [6, 6.07) is 3.67. The third-order valence-electron chi connectivity index (χ3n) is 3.55. The van der Waals surface area contributed by atoms with E-state index in [1.807, 2.05) is 39.8 Å². The molecule has 0 N–H and O–H groups in total. The molecule has 2 rings (SSSR count). The normalized spacial score (nSPS) is 21.1. The first kappa shape index (κ1) is 13.8. The van der Waals surface area contributed by atoms with Crippen LogP contribution in [0.5, 0.6) is 5.75 Å². The van der Waals surface area contributed by atoms with Crippen molar-refractivity contribution in [3.05, 3.63) is 16.7 Å². The van der Waals surface area contributed by atoms with E-state index < -0.39 is 7.12 Å². The number of halogens is 1. The van der Waals surface area contributed by atoms with Crippen LogP contribution in [0.2, 0.25) is 0 Å². The van der Waals surface area contributed by atoms with E-state index in [1.54, 1.807) is 7.11 Å². The molecule has 98 valence electrons. The minimum absolute atomic E-state index is 0.382. The largest absolute Gasteiger partial charge is 0.518 e. The summed E-state index contributed by atoms with van der Waals surface area (Å²) in [6.07, 6.45) is 0. The summed E-state index contributed by atoms with van der Waals surface area (Å²) < 4.78 is 18.0. The van der Waals surface area contributed by atoms with Crippen molar-refractivity contribution < 1.29 is 14.0 Å². The fourth-order valence-corrected chi connectivity index (χ4v) is 2.06. The number of aromatic nitrogens is 1. The molecule has 1 aromatic heterocycles. The lowest BCUT2D eigenvalue weighted by atomic mass is 9.83. The molecule has 1 fully saturated rings. The minimum atomic E-state index is -0.512. The van der Waals surface area contributed by atoms with Crippen molar-refractivity contribution in [1.29, 1.82) is 0 Å². The molecule has 0 atom stereocenters. The molecule has 0 aliphatic carbocycles. The Morgan fingerprint density at radius 1 is 1.17 bits per heavy atom. The lowest BCUT2D eigenvalue weighted by Gasteiger charge is -2.32. The molecule has 0 amide bonds. The fraction of sp³-hybridized carbons (Fsp3) is 0.583. The Morgan fingerprint density at radius 3 is 2.22 bits per heavy atom. The van der Waals surface area contributed by atoms with Crippen molar-refractivity contribution in [2.45, 2.75) is 38.9 Å². The highest BCUT2D eigenvalue weighted by Crippen LogP contribution is 2.37. The quantitative estimate of drug-likeness (QED) is 0.619. The van der Waals surface area contributed by atoms with Gasteiger partial charge in [-0.1, -0.05) is 0 Å². The molecule has 1 aliphatic heterocycles. The van der Waals surface area contributed by atoms with Gasteiger partial charge in [-0.15, -0.1) is 0 Å². The van der Waals surface area contributed by atoms with Crippen molar-refractivity contribution in [1.82, 2.24) is 4.98 Å². The predicted molar refractivity (Wildman–Crippen MR) is 74.2 cm³/mol. The maximum atomic E-state index is 5.96. The zero-order valence-corrected chi connectivity index (χ0v) is 12.9. The van der Waals surface area contributed by atoms with Crippen LogP contribution in [-0.4, -0.2) is 30.4 Å². The molecule has 4 nitrogen and oxygen atoms in total. The van der Waals surface area contributed by atoms with Gasteiger partial charge in [0.2, 0.25) is 0 Å². The first-order valence-corrected chi connectivity index (χ1v) is 6.62. The van der Waals surface area contributed by atoms with Crippen molar-refractivity contribution in [3.8, 4) is 5.75 Å². The van der Waals surface area contributed by atoms with Gasteiger partial charge in [-0.2, -0.15) is 0 Å². The van der Waals surface area contributed by atoms with Gasteiger partial charge in [-0.05, 0) is 55.8 Å². The summed E-state index contributed by atoms with van der Waals surface area (Å²) >= 11 is 3.35. The molecule has 0 spiro atoms. The van der Waals surface area contributed by atoms with Crippen molar-refractivity contribution in [2.24, 2.45) is 0 Å². The standard InChI is InChI=1S/C12H17BBrNO3/c1-11(2)12(3,4)18-13(17-11)10-8(16-5)6-7-9(14)15-10/h6-7H,1-5H3. The average Bonchev–Trinajstić information content (AvgIpc) is 2.48. The van der Waals surface area contributed by atoms with Gasteiger partial charge in [-0.3, -0.25) is 0 Å². The number of nitrogens with zero attached hydrogens (tertiary/aromatic N) is 1. The van der Waals surface area contributed by atoms with Crippen LogP contribution in [0.15, 0.2) is 16.7 Å². The highest BCUT2D eigenvalue weighted by Gasteiger charge is 2.53. The highest BCUT2D eigenvalue weighted by molar-refractivity contribution is 9.10. The first-order chi connectivity index (χ1) is 8.27. The van der Waals surface area contributed by atoms with Crippen LogP contribution in [0.4, 0.5) is 0 Å². The summed E-state index contributed by atoms with van der Waals surface area (Å²) in [4.78, 5) is 4.40. The number of rotatable bonds is 2. The SMILES string of the molecule is COc1ccc(Br)nc1B1OC(C)(C)C(C)(C)O1. The maximum absolute atomic E-state index is 5.96. The van der Waals surface area contributed by atoms with E-state index in [9.17, 15) is 0 Å². The van der Waals surface area contributed by atoms with Crippen LogP contribution in [0.1, 0.15) is 27.7 Å². The van der Waals surface area contributed by atoms with Crippen LogP contribution in [0.3, 0.4) is 0 Å². The summed E-state index contributed by atoms with van der Waals surface area (Å²) in [5.41, 5.74) is -0.107. The van der Waals surface area contributed by atoms with E-state index in [4.69, 9.17) is 14.0 Å². The van der Waals surface area contributed by atoms with Crippen LogP contribution in [0.25, 0.3) is 0 Å². The van der Waals surface area contributed by atoms with Gasteiger partial charge in [0.05, 0.1) is 18.3 Å². The zero-order valence-electron chi connectivity index (χ0n) is 11.3. The molecule has 0 radical (unpaired) electrons. The summed E-state index contributed by atoms with van der Waals surface area (Å²) in [5.74, 6) is 0.664. The Morgan fingerprint density at radius 2 is 1.72 bits per heavy atom. The van der Waals surface area contributed by atoms with Crippen molar-refractivity contribution >= 4 is 28.6 Å². The van der Waals surface area contributed by atoms with Gasteiger partial charge in [0.15, 0.2) is 0 Å². The van der Waals surface area contributed by atoms with Gasteiger partial charge in [-0.25, -0.2) is 4.98 Å². The third-order valence-corrected chi connectivity index (χ3v) is 3.99. The van der Waals surface area contributed by atoms with Gasteiger partial charge in [0, 0.05) is 0 Å². The summed E-state index contributed by atoms with van der Waals surface area (Å²) in [7, 11) is 1.10. The Bertz CT molecular complexity index is 449. The second-order valence-corrected chi connectivity index (χ2v) is 6.12. The molecule has 0 aromatic carbocycles. The molecule has 1 saturated heterocycles. The lowest BCUT2D eigenvalue weighted by Crippen LogP contribution is -2.41. The summed E-state index contributed by atoms with van der Waals surface area (Å²) in [5, 5.41) is 0. The fourth-order valence-electron chi connectivity index (χ4n) is 1.73. The van der Waals surface area contributed by atoms with Gasteiger partial charge >= 0.3 is 7.12 Å². The Balaban J connectivity index is 2.37. The summed E-state index contributed by atoms with van der Waals surface area (Å²) in [6.45, 7) is 8.05. The Labute approximate surface area is 116 Å². The van der Waals surface area contributed by atoms with E-state index in [0.29, 0.717) is 11.3 Å². The number of methoxy groups -OCH3 is 1. The third kappa shape index (κ3) is 2.29. The molecular formula is C12H17BBrNO3. The van der Waals surface area contributed by atoms with E-state index in [0.717, 1.165) is 4.60 Å². The molecule has 1 aromatic rings. The lowest BCUT2D eigenvalue weighted by molar-refractivity contribution is 0.00578. The van der Waals surface area contributed by atoms with Crippen LogP contribution in [0, 0.1) is 0 Å². The molecule has 0 bridgehead atoms. The average molecular weight is 314 g/mol. The van der Waals surface area contributed by atoms with Crippen molar-refractivity contribution in [3.63, 3.8) is 0 Å². The van der Waals surface area contributed by atoms with Crippen LogP contribution in [-0.2, 0) is 9.31 Å². The molecule has 6 heteroatoms. The van der Waals surface area contributed by atoms with Crippen LogP contribution >= 0.6 is 15.9 Å². The molecule has 0 saturated carbocycles. The van der Waals surface area contributed by atoms with E-state index in [2.05, 4.69) is 20.9 Å². The Kier molecular flexibility index (Phi) is 3.47. The highest BCUT2D eigenvalue weighted by atomic mass is 79.9. The number of ether oxygens (including phenoxy) is 1. The van der Waals surface area contributed by atoms with Gasteiger partial charge < -0.3 is 14.0 Å². The second kappa shape index (κ2) is 4.51. The van der Waals surface area contributed by atoms with Gasteiger partial charge in [0.25, 0.3) is 0 Å². The number of pyridine rings is 1. The smallest absolute Gasteiger partial charge is 0.496 e. The molecular weight excluding hydrogens is 297 g/mol. The Hall–Kier alpha value is -0.585. The van der Waals surface area contributed by atoms with Gasteiger partial charge in [0.1, 0.15) is 15.9 Å². The monoisotopic (exact) mass is 313 g/mol. The molecule has 18 heavy (non-hydrogen) atoms. The van der Waals surface area contributed by atoms with E-state index in [1.165, 1.54) is 0 Å². The second-order valence-electron chi connectivity index (χ2n) is 5.31. The maximum Gasteiger partial charge on any atom is 0.518 e. The number of hydrogen-bond acceptors (Lipinski definition) is 4. The predicted octanol–water partition coefficient (Wildman–Crippen LogP) is 2.15. The van der Waals surface area contributed by atoms with E-state index in [-0.39, 0.29) is 11.2 Å². The van der Waals surface area contributed by atoms with Crippen LogP contribution < -0.4 is 10.3 Å². The van der Waals surface area contributed by atoms with Crippen molar-refractivity contribution in [2.75, 3.05) is 7.11 Å². The molecule has 0 unspecified atom stereocenters.